The highest BCUT2D eigenvalue weighted by atomic mass is 31.3. The number of nitrogen functional groups attached to an aromatic ring is 1. The Bertz CT molecular complexity index is 1110. The number of aliphatic hydroxyl groups is 2. The number of nitrogens with two attached hydrogens (primary N) is 1. The van der Waals surface area contributed by atoms with E-state index in [1.807, 2.05) is 0 Å². The molecule has 2 aromatic rings. The summed E-state index contributed by atoms with van der Waals surface area (Å²) in [4.78, 5) is 38.9. The molecule has 1 aliphatic rings. The normalized spacial score (nSPS) is 28.5. The molecule has 7 N–H and O–H groups in total. The Kier molecular flexibility index (Phi) is 6.71. The molecule has 0 aromatic carbocycles. The highest BCUT2D eigenvalue weighted by Crippen LogP contribution is 2.67. The predicted octanol–water partition coefficient (Wildman–Crippen LogP) is -0.907. The minimum Gasteiger partial charge on any atom is -0.385 e. The maximum absolute atomic E-state index is 12.6. The average molecular weight is 505 g/mol. The van der Waals surface area contributed by atoms with Crippen LogP contribution in [0.25, 0.3) is 11.2 Å². The van der Waals surface area contributed by atoms with E-state index in [1.165, 1.54) is 10.9 Å². The first-order valence-electron chi connectivity index (χ1n) is 8.12. The van der Waals surface area contributed by atoms with E-state index < -0.39 is 53.6 Å². The number of aliphatic hydroxyl groups excluding tert-OH is 2. The zero-order chi connectivity index (χ0) is 23.2. The Labute approximate surface area is 173 Å². The van der Waals surface area contributed by atoms with Gasteiger partial charge in [0.15, 0.2) is 29.9 Å². The molecule has 0 radical (unpaired) electrons. The van der Waals surface area contributed by atoms with Gasteiger partial charge >= 0.3 is 23.0 Å². The van der Waals surface area contributed by atoms with Crippen molar-refractivity contribution < 1.29 is 56.7 Å². The average Bonchev–Trinajstić information content (AvgIpc) is 3.16. The van der Waals surface area contributed by atoms with Crippen molar-refractivity contribution in [3.8, 4) is 0 Å². The van der Waals surface area contributed by atoms with Gasteiger partial charge < -0.3 is 35.4 Å². The summed E-state index contributed by atoms with van der Waals surface area (Å²) >= 11 is 0. The summed E-state index contributed by atoms with van der Waals surface area (Å²) in [6, 6.07) is 0. The van der Waals surface area contributed by atoms with Gasteiger partial charge in [-0.05, 0) is 0 Å². The molecule has 20 heteroatoms. The number of aromatic nitrogens is 4. The van der Waals surface area contributed by atoms with Crippen molar-refractivity contribution in [2.24, 2.45) is 0 Å². The van der Waals surface area contributed by atoms with Gasteiger partial charge in [-0.2, -0.15) is 0 Å². The van der Waals surface area contributed by atoms with E-state index in [4.69, 9.17) is 24.8 Å². The van der Waals surface area contributed by atoms with Crippen LogP contribution in [-0.4, -0.2) is 75.9 Å². The van der Waals surface area contributed by atoms with Gasteiger partial charge in [0.2, 0.25) is 0 Å². The van der Waals surface area contributed by atoms with Crippen LogP contribution in [-0.2, 0) is 31.8 Å². The molecular weight excluding hydrogens is 487 g/mol. The van der Waals surface area contributed by atoms with Crippen molar-refractivity contribution in [3.63, 3.8) is 0 Å². The number of fused-ring (bicyclic) bond motifs is 1. The van der Waals surface area contributed by atoms with Crippen molar-refractivity contribution in [1.82, 2.24) is 19.5 Å². The fourth-order valence-corrected chi connectivity index (χ4v) is 7.36. The van der Waals surface area contributed by atoms with E-state index in [1.54, 1.807) is 0 Å². The summed E-state index contributed by atoms with van der Waals surface area (Å²) in [7, 11) is -14.5. The summed E-state index contributed by atoms with van der Waals surface area (Å²) in [6.45, 7) is 0. The lowest BCUT2D eigenvalue weighted by Gasteiger charge is -2.23. The first-order valence-corrected chi connectivity index (χ1v) is 13.1. The van der Waals surface area contributed by atoms with Crippen LogP contribution in [0.5, 0.6) is 0 Å². The quantitative estimate of drug-likeness (QED) is 0.237. The molecular formula is C11H18N5O12P3. The second kappa shape index (κ2) is 8.56. The Morgan fingerprint density at radius 3 is 2.45 bits per heavy atom. The SMILES string of the molecule is COP(=O)(O[C@H]1O[C@@H](n2cnc3c(N)ncnc32)[C@H](O)[C@@H]1O)OP(=O)(O)CP(=O)(O)O. The Hall–Kier alpha value is -1.32. The maximum Gasteiger partial charge on any atom is 0.484 e. The number of hydrogen-bond acceptors (Lipinski definition) is 13. The van der Waals surface area contributed by atoms with Crippen LogP contribution >= 0.6 is 23.0 Å². The van der Waals surface area contributed by atoms with Crippen LogP contribution in [0.3, 0.4) is 0 Å². The Morgan fingerprint density at radius 1 is 1.16 bits per heavy atom. The Morgan fingerprint density at radius 2 is 1.84 bits per heavy atom. The van der Waals surface area contributed by atoms with Gasteiger partial charge in [0, 0.05) is 7.11 Å². The predicted molar refractivity (Wildman–Crippen MR) is 99.2 cm³/mol. The molecule has 0 amide bonds. The van der Waals surface area contributed by atoms with E-state index in [-0.39, 0.29) is 17.0 Å². The molecule has 0 saturated carbocycles. The van der Waals surface area contributed by atoms with Gasteiger partial charge in [0.05, 0.1) is 6.33 Å². The zero-order valence-corrected chi connectivity index (χ0v) is 18.2. The van der Waals surface area contributed by atoms with Crippen LogP contribution in [0.1, 0.15) is 6.23 Å². The van der Waals surface area contributed by atoms with Crippen LogP contribution < -0.4 is 5.73 Å². The van der Waals surface area contributed by atoms with Gasteiger partial charge in [-0.15, -0.1) is 0 Å². The van der Waals surface area contributed by atoms with Gasteiger partial charge in [0.1, 0.15) is 24.1 Å². The van der Waals surface area contributed by atoms with E-state index in [9.17, 15) is 28.8 Å². The third-order valence-corrected chi connectivity index (χ3v) is 9.54. The lowest BCUT2D eigenvalue weighted by Crippen LogP contribution is -2.32. The summed E-state index contributed by atoms with van der Waals surface area (Å²) in [5, 5.41) is 20.5. The smallest absolute Gasteiger partial charge is 0.385 e. The molecule has 17 nitrogen and oxygen atoms in total. The van der Waals surface area contributed by atoms with Crippen LogP contribution in [0.15, 0.2) is 12.7 Å². The topological polar surface area (TPSA) is 259 Å². The van der Waals surface area contributed by atoms with Gasteiger partial charge in [-0.3, -0.25) is 22.7 Å². The first kappa shape index (κ1) is 24.3. The second-order valence-corrected chi connectivity index (χ2v) is 12.1. The minimum absolute atomic E-state index is 0.0330. The van der Waals surface area contributed by atoms with Gasteiger partial charge in [-0.1, -0.05) is 0 Å². The standard InChI is InChI=1S/C11H18N5O12P3/c1-25-31(24,28-30(22,23)4-29(19,20)21)27-11-7(18)6(17)10(26-11)16-3-15-5-8(12)13-2-14-9(5)16/h2-3,6-7,10-11,17-18H,4H2,1H3,(H,22,23)(H2,12,13,14)(H2,19,20,21)/t6-,7+,10-,11-,31?/m1/s1. The number of phosphoric acid groups is 1. The number of phosphoric ester groups is 1. The van der Waals surface area contributed by atoms with Crippen molar-refractivity contribution in [2.75, 3.05) is 18.7 Å². The number of hydrogen-bond donors (Lipinski definition) is 6. The fourth-order valence-electron chi connectivity index (χ4n) is 2.64. The zero-order valence-electron chi connectivity index (χ0n) is 15.5. The molecule has 0 spiro atoms. The van der Waals surface area contributed by atoms with Crippen LogP contribution in [0.2, 0.25) is 0 Å². The fraction of sp³-hybridized carbons (Fsp3) is 0.545. The monoisotopic (exact) mass is 505 g/mol. The van der Waals surface area contributed by atoms with Crippen molar-refractivity contribution in [1.29, 1.82) is 0 Å². The molecule has 174 valence electrons. The summed E-state index contributed by atoms with van der Waals surface area (Å²) < 4.78 is 55.5. The number of imidazole rings is 1. The number of nitrogens with zero attached hydrogens (tertiary/aromatic N) is 4. The minimum atomic E-state index is -5.17. The van der Waals surface area contributed by atoms with Crippen molar-refractivity contribution in [2.45, 2.75) is 24.7 Å². The summed E-state index contributed by atoms with van der Waals surface area (Å²) in [5.41, 5.74) is 5.97. The largest absolute Gasteiger partial charge is 0.484 e. The second-order valence-electron chi connectivity index (χ2n) is 6.22. The van der Waals surface area contributed by atoms with Gasteiger partial charge in [-0.25, -0.2) is 23.8 Å². The van der Waals surface area contributed by atoms with Crippen molar-refractivity contribution in [3.05, 3.63) is 12.7 Å². The molecule has 2 aromatic heterocycles. The highest BCUT2D eigenvalue weighted by Gasteiger charge is 2.50. The summed E-state index contributed by atoms with van der Waals surface area (Å²) in [6.07, 6.45) is -4.58. The first-order chi connectivity index (χ1) is 14.3. The third-order valence-electron chi connectivity index (χ3n) is 3.90. The molecule has 31 heavy (non-hydrogen) atoms. The van der Waals surface area contributed by atoms with Crippen LogP contribution in [0, 0.1) is 0 Å². The van der Waals surface area contributed by atoms with Gasteiger partial charge in [0.25, 0.3) is 0 Å². The van der Waals surface area contributed by atoms with E-state index in [0.29, 0.717) is 0 Å². The molecule has 0 bridgehead atoms. The molecule has 6 atom stereocenters. The van der Waals surface area contributed by atoms with E-state index >= 15 is 0 Å². The molecule has 1 aliphatic heterocycles. The third kappa shape index (κ3) is 5.37. The molecule has 2 unspecified atom stereocenters. The lowest BCUT2D eigenvalue weighted by molar-refractivity contribution is -0.134. The number of rotatable bonds is 8. The molecule has 1 fully saturated rings. The van der Waals surface area contributed by atoms with E-state index in [0.717, 1.165) is 13.4 Å². The van der Waals surface area contributed by atoms with Crippen molar-refractivity contribution >= 4 is 40.0 Å². The molecule has 3 rings (SSSR count). The van der Waals surface area contributed by atoms with E-state index in [2.05, 4.69) is 23.8 Å². The summed E-state index contributed by atoms with van der Waals surface area (Å²) in [5.74, 6) is -1.64. The molecule has 1 saturated heterocycles. The lowest BCUT2D eigenvalue weighted by atomic mass is 10.2. The molecule has 3 heterocycles. The molecule has 0 aliphatic carbocycles. The van der Waals surface area contributed by atoms with Crippen LogP contribution in [0.4, 0.5) is 5.82 Å². The number of anilines is 1. The highest BCUT2D eigenvalue weighted by molar-refractivity contribution is 7.73. The number of ether oxygens (including phenoxy) is 1. The Balaban J connectivity index is 1.81. The maximum atomic E-state index is 12.6.